The van der Waals surface area contributed by atoms with Gasteiger partial charge in [-0.15, -0.1) is 0 Å². The van der Waals surface area contributed by atoms with Crippen LogP contribution in [0.4, 0.5) is 0 Å². The van der Waals surface area contributed by atoms with E-state index in [0.717, 1.165) is 0 Å². The van der Waals surface area contributed by atoms with Gasteiger partial charge in [-0.2, -0.15) is 0 Å². The summed E-state index contributed by atoms with van der Waals surface area (Å²) in [7, 11) is -0.987. The molecule has 186 valence electrons. The Bertz CT molecular complexity index is 1080. The SMILES string of the molecule is CCOC(=O)C[C@@H]([C@@H](c1ccc(OC)c(OC)c1)S(=O)(=O)c1ccccc1)[C@H]1COC(C)(C)O1. The maximum Gasteiger partial charge on any atom is 0.306 e. The smallest absolute Gasteiger partial charge is 0.306 e. The van der Waals surface area contributed by atoms with Crippen LogP contribution in [0.3, 0.4) is 0 Å². The number of sulfone groups is 1. The number of esters is 1. The molecule has 0 aromatic heterocycles. The molecule has 0 bridgehead atoms. The van der Waals surface area contributed by atoms with Crippen LogP contribution in [0.15, 0.2) is 53.4 Å². The van der Waals surface area contributed by atoms with Gasteiger partial charge in [0.25, 0.3) is 0 Å². The highest BCUT2D eigenvalue weighted by molar-refractivity contribution is 7.91. The molecule has 0 unspecified atom stereocenters. The second-order valence-electron chi connectivity index (χ2n) is 8.43. The summed E-state index contributed by atoms with van der Waals surface area (Å²) >= 11 is 0. The summed E-state index contributed by atoms with van der Waals surface area (Å²) in [4.78, 5) is 12.8. The molecule has 0 radical (unpaired) electrons. The van der Waals surface area contributed by atoms with Crippen molar-refractivity contribution < 1.29 is 36.9 Å². The van der Waals surface area contributed by atoms with E-state index in [1.165, 1.54) is 14.2 Å². The molecule has 1 saturated heterocycles. The number of benzene rings is 2. The topological polar surface area (TPSA) is 97.4 Å². The Morgan fingerprint density at radius 1 is 1.09 bits per heavy atom. The maximum atomic E-state index is 14.1. The fourth-order valence-corrected chi connectivity index (χ4v) is 6.28. The first-order valence-corrected chi connectivity index (χ1v) is 12.7. The highest BCUT2D eigenvalue weighted by atomic mass is 32.2. The van der Waals surface area contributed by atoms with Crippen molar-refractivity contribution in [1.82, 2.24) is 0 Å². The van der Waals surface area contributed by atoms with Crippen LogP contribution in [-0.2, 0) is 28.8 Å². The number of hydrogen-bond donors (Lipinski definition) is 0. The molecule has 9 heteroatoms. The lowest BCUT2D eigenvalue weighted by Gasteiger charge is -2.31. The molecule has 1 aliphatic rings. The van der Waals surface area contributed by atoms with E-state index in [4.69, 9.17) is 23.7 Å². The first kappa shape index (κ1) is 26.0. The van der Waals surface area contributed by atoms with Gasteiger partial charge in [0, 0.05) is 5.92 Å². The van der Waals surface area contributed by atoms with Crippen LogP contribution < -0.4 is 9.47 Å². The van der Waals surface area contributed by atoms with Crippen LogP contribution in [-0.4, -0.2) is 53.7 Å². The van der Waals surface area contributed by atoms with Crippen molar-refractivity contribution in [3.63, 3.8) is 0 Å². The van der Waals surface area contributed by atoms with Crippen LogP contribution in [0.1, 0.15) is 38.0 Å². The van der Waals surface area contributed by atoms with Gasteiger partial charge >= 0.3 is 5.97 Å². The molecule has 34 heavy (non-hydrogen) atoms. The van der Waals surface area contributed by atoms with Gasteiger partial charge in [0.2, 0.25) is 0 Å². The second kappa shape index (κ2) is 10.8. The Morgan fingerprint density at radius 3 is 2.32 bits per heavy atom. The molecule has 1 heterocycles. The molecular formula is C25H32O8S. The van der Waals surface area contributed by atoms with E-state index in [-0.39, 0.29) is 24.5 Å². The predicted octanol–water partition coefficient (Wildman–Crippen LogP) is 3.94. The second-order valence-corrected chi connectivity index (χ2v) is 10.5. The third-order valence-corrected chi connectivity index (χ3v) is 7.97. The number of ether oxygens (including phenoxy) is 5. The fraction of sp³-hybridized carbons (Fsp3) is 0.480. The van der Waals surface area contributed by atoms with Crippen molar-refractivity contribution in [2.45, 2.75) is 49.2 Å². The lowest BCUT2D eigenvalue weighted by Crippen LogP contribution is -2.36. The molecule has 3 atom stereocenters. The van der Waals surface area contributed by atoms with Crippen molar-refractivity contribution in [3.8, 4) is 11.5 Å². The molecule has 0 N–H and O–H groups in total. The molecule has 2 aromatic rings. The van der Waals surface area contributed by atoms with Gasteiger partial charge in [-0.3, -0.25) is 4.79 Å². The van der Waals surface area contributed by atoms with Crippen molar-refractivity contribution in [2.24, 2.45) is 5.92 Å². The van der Waals surface area contributed by atoms with Gasteiger partial charge < -0.3 is 23.7 Å². The molecule has 1 fully saturated rings. The molecule has 1 aliphatic heterocycles. The number of methoxy groups -OCH3 is 2. The van der Waals surface area contributed by atoms with E-state index in [2.05, 4.69) is 0 Å². The largest absolute Gasteiger partial charge is 0.493 e. The molecule has 0 saturated carbocycles. The Hall–Kier alpha value is -2.62. The third-order valence-electron chi connectivity index (χ3n) is 5.75. The zero-order valence-corrected chi connectivity index (χ0v) is 21.0. The van der Waals surface area contributed by atoms with Crippen molar-refractivity contribution in [3.05, 3.63) is 54.1 Å². The molecule has 2 aromatic carbocycles. The average Bonchev–Trinajstić information content (AvgIpc) is 3.18. The fourth-order valence-electron chi connectivity index (χ4n) is 4.22. The number of carbonyl (C=O) groups excluding carboxylic acids is 1. The van der Waals surface area contributed by atoms with E-state index in [9.17, 15) is 13.2 Å². The standard InChI is InChI=1S/C25H32O8S/c1-6-31-23(26)15-19(22-16-32-25(2,3)33-22)24(34(27,28)18-10-8-7-9-11-18)17-12-13-20(29-4)21(14-17)30-5/h7-14,19,22,24H,6,15-16H2,1-5H3/t19-,22-,24-/m1/s1. The van der Waals surface area contributed by atoms with Gasteiger partial charge in [0.05, 0.1) is 50.1 Å². The Labute approximate surface area is 201 Å². The lowest BCUT2D eigenvalue weighted by atomic mass is 9.90. The van der Waals surface area contributed by atoms with Gasteiger partial charge in [0.15, 0.2) is 27.1 Å². The zero-order chi connectivity index (χ0) is 24.9. The van der Waals surface area contributed by atoms with Crippen LogP contribution >= 0.6 is 0 Å². The summed E-state index contributed by atoms with van der Waals surface area (Å²) in [6.07, 6.45) is -0.820. The Morgan fingerprint density at radius 2 is 1.76 bits per heavy atom. The van der Waals surface area contributed by atoms with Gasteiger partial charge in [-0.25, -0.2) is 8.42 Å². The normalized spacial score (nSPS) is 19.3. The summed E-state index contributed by atoms with van der Waals surface area (Å²) in [5.41, 5.74) is 0.448. The van der Waals surface area contributed by atoms with E-state index in [1.54, 1.807) is 69.3 Å². The zero-order valence-electron chi connectivity index (χ0n) is 20.1. The predicted molar refractivity (Wildman–Crippen MR) is 126 cm³/mol. The number of hydrogen-bond acceptors (Lipinski definition) is 8. The molecule has 0 amide bonds. The Balaban J connectivity index is 2.19. The van der Waals surface area contributed by atoms with Gasteiger partial charge in [0.1, 0.15) is 0 Å². The summed E-state index contributed by atoms with van der Waals surface area (Å²) in [5, 5.41) is -1.14. The minimum absolute atomic E-state index is 0.141. The minimum Gasteiger partial charge on any atom is -0.493 e. The van der Waals surface area contributed by atoms with E-state index >= 15 is 0 Å². The number of rotatable bonds is 10. The third kappa shape index (κ3) is 5.71. The molecule has 0 aliphatic carbocycles. The van der Waals surface area contributed by atoms with E-state index in [1.807, 2.05) is 0 Å². The molecule has 8 nitrogen and oxygen atoms in total. The summed E-state index contributed by atoms with van der Waals surface area (Å²) in [5.74, 6) is -1.35. The first-order valence-electron chi connectivity index (χ1n) is 11.1. The van der Waals surface area contributed by atoms with Gasteiger partial charge in [-0.05, 0) is 50.6 Å². The lowest BCUT2D eigenvalue weighted by molar-refractivity contribution is -0.153. The quantitative estimate of drug-likeness (QED) is 0.460. The highest BCUT2D eigenvalue weighted by Gasteiger charge is 2.47. The summed E-state index contributed by atoms with van der Waals surface area (Å²) < 4.78 is 55.9. The molecule has 0 spiro atoms. The Kier molecular flexibility index (Phi) is 8.22. The van der Waals surface area contributed by atoms with Crippen molar-refractivity contribution in [2.75, 3.05) is 27.4 Å². The summed E-state index contributed by atoms with van der Waals surface area (Å²) in [6, 6.07) is 13.1. The maximum absolute atomic E-state index is 14.1. The average molecular weight is 493 g/mol. The van der Waals surface area contributed by atoms with E-state index < -0.39 is 38.9 Å². The number of carbonyl (C=O) groups is 1. The van der Waals surface area contributed by atoms with Crippen molar-refractivity contribution >= 4 is 15.8 Å². The first-order chi connectivity index (χ1) is 16.1. The molecular weight excluding hydrogens is 460 g/mol. The highest BCUT2D eigenvalue weighted by Crippen LogP contribution is 2.44. The van der Waals surface area contributed by atoms with Crippen LogP contribution in [0.2, 0.25) is 0 Å². The van der Waals surface area contributed by atoms with Crippen molar-refractivity contribution in [1.29, 1.82) is 0 Å². The monoisotopic (exact) mass is 492 g/mol. The molecule has 3 rings (SSSR count). The van der Waals surface area contributed by atoms with Crippen LogP contribution in [0.25, 0.3) is 0 Å². The van der Waals surface area contributed by atoms with Crippen LogP contribution in [0.5, 0.6) is 11.5 Å². The van der Waals surface area contributed by atoms with E-state index in [0.29, 0.717) is 17.1 Å². The summed E-state index contributed by atoms with van der Waals surface area (Å²) in [6.45, 7) is 5.55. The van der Waals surface area contributed by atoms with Gasteiger partial charge in [-0.1, -0.05) is 24.3 Å². The van der Waals surface area contributed by atoms with Crippen LogP contribution in [0, 0.1) is 5.92 Å². The minimum atomic E-state index is -3.97.